The SMILES string of the molecule is O=C(NCCc1ccc(Cl)s1)N[C@@H]1CCCS(=O)(=O)C1. The first-order valence-electron chi connectivity index (χ1n) is 6.44. The van der Waals surface area contributed by atoms with Gasteiger partial charge in [0.05, 0.1) is 15.8 Å². The van der Waals surface area contributed by atoms with Gasteiger partial charge in [0.25, 0.3) is 0 Å². The molecule has 0 spiro atoms. The zero-order valence-electron chi connectivity index (χ0n) is 10.9. The highest BCUT2D eigenvalue weighted by molar-refractivity contribution is 7.91. The lowest BCUT2D eigenvalue weighted by atomic mass is 10.2. The molecule has 1 saturated heterocycles. The Morgan fingerprint density at radius 3 is 2.90 bits per heavy atom. The van der Waals surface area contributed by atoms with E-state index in [4.69, 9.17) is 11.6 Å². The first kappa shape index (κ1) is 15.6. The van der Waals surface area contributed by atoms with E-state index in [9.17, 15) is 13.2 Å². The van der Waals surface area contributed by atoms with Crippen LogP contribution in [0.3, 0.4) is 0 Å². The van der Waals surface area contributed by atoms with Gasteiger partial charge in [0.1, 0.15) is 0 Å². The summed E-state index contributed by atoms with van der Waals surface area (Å²) in [5.74, 6) is 0.271. The molecule has 1 aliphatic rings. The molecule has 0 bridgehead atoms. The average Bonchev–Trinajstić information content (AvgIpc) is 2.73. The first-order valence-corrected chi connectivity index (χ1v) is 9.45. The molecular weight excluding hydrogens is 320 g/mol. The van der Waals surface area contributed by atoms with Crippen LogP contribution in [0.1, 0.15) is 17.7 Å². The van der Waals surface area contributed by atoms with Gasteiger partial charge in [0, 0.05) is 17.5 Å². The van der Waals surface area contributed by atoms with E-state index in [0.717, 1.165) is 9.21 Å². The normalized spacial score (nSPS) is 21.4. The number of sulfone groups is 1. The van der Waals surface area contributed by atoms with E-state index < -0.39 is 9.84 Å². The third kappa shape index (κ3) is 4.96. The van der Waals surface area contributed by atoms with Crippen molar-refractivity contribution in [2.75, 3.05) is 18.1 Å². The number of carbonyl (C=O) groups is 1. The highest BCUT2D eigenvalue weighted by atomic mass is 35.5. The van der Waals surface area contributed by atoms with Crippen LogP contribution in [0.2, 0.25) is 4.34 Å². The van der Waals surface area contributed by atoms with Crippen LogP contribution in [-0.4, -0.2) is 38.5 Å². The van der Waals surface area contributed by atoms with Crippen LogP contribution in [0, 0.1) is 0 Å². The number of amides is 2. The topological polar surface area (TPSA) is 75.3 Å². The minimum absolute atomic E-state index is 0.0426. The molecule has 2 heterocycles. The molecule has 1 aromatic heterocycles. The fourth-order valence-electron chi connectivity index (χ4n) is 2.16. The number of hydrogen-bond donors (Lipinski definition) is 2. The van der Waals surface area contributed by atoms with Crippen LogP contribution >= 0.6 is 22.9 Å². The zero-order valence-corrected chi connectivity index (χ0v) is 13.3. The molecule has 0 saturated carbocycles. The zero-order chi connectivity index (χ0) is 14.6. The van der Waals surface area contributed by atoms with Gasteiger partial charge in [0.2, 0.25) is 0 Å². The van der Waals surface area contributed by atoms with Gasteiger partial charge in [-0.05, 0) is 31.4 Å². The van der Waals surface area contributed by atoms with E-state index in [2.05, 4.69) is 10.6 Å². The maximum absolute atomic E-state index is 11.7. The third-order valence-electron chi connectivity index (χ3n) is 3.08. The van der Waals surface area contributed by atoms with Gasteiger partial charge in [0.15, 0.2) is 9.84 Å². The van der Waals surface area contributed by atoms with Crippen LogP contribution < -0.4 is 10.6 Å². The summed E-state index contributed by atoms with van der Waals surface area (Å²) < 4.78 is 23.7. The minimum atomic E-state index is -2.99. The summed E-state index contributed by atoms with van der Waals surface area (Å²) in [5, 5.41) is 5.45. The lowest BCUT2D eigenvalue weighted by molar-refractivity contribution is 0.237. The Morgan fingerprint density at radius 2 is 2.25 bits per heavy atom. The van der Waals surface area contributed by atoms with Crippen LogP contribution in [0.25, 0.3) is 0 Å². The Bertz CT molecular complexity index is 571. The number of rotatable bonds is 4. The maximum atomic E-state index is 11.7. The molecule has 5 nitrogen and oxygen atoms in total. The quantitative estimate of drug-likeness (QED) is 0.880. The number of hydrogen-bond acceptors (Lipinski definition) is 4. The van der Waals surface area contributed by atoms with Gasteiger partial charge in [-0.15, -0.1) is 11.3 Å². The van der Waals surface area contributed by atoms with E-state index in [0.29, 0.717) is 25.8 Å². The first-order chi connectivity index (χ1) is 9.44. The van der Waals surface area contributed by atoms with Crippen LogP contribution in [0.15, 0.2) is 12.1 Å². The highest BCUT2D eigenvalue weighted by Crippen LogP contribution is 2.21. The lowest BCUT2D eigenvalue weighted by Crippen LogP contribution is -2.47. The van der Waals surface area contributed by atoms with E-state index in [1.54, 1.807) is 0 Å². The van der Waals surface area contributed by atoms with Gasteiger partial charge in [-0.2, -0.15) is 0 Å². The van der Waals surface area contributed by atoms with Crippen molar-refractivity contribution in [3.05, 3.63) is 21.3 Å². The summed E-state index contributed by atoms with van der Waals surface area (Å²) in [6.45, 7) is 0.502. The van der Waals surface area contributed by atoms with Gasteiger partial charge in [-0.25, -0.2) is 13.2 Å². The van der Waals surface area contributed by atoms with Crippen molar-refractivity contribution in [1.29, 1.82) is 0 Å². The Morgan fingerprint density at radius 1 is 1.45 bits per heavy atom. The summed E-state index contributed by atoms with van der Waals surface area (Å²) >= 11 is 7.31. The molecule has 1 aliphatic heterocycles. The molecule has 20 heavy (non-hydrogen) atoms. The summed E-state index contributed by atoms with van der Waals surface area (Å²) in [6.07, 6.45) is 2.04. The molecule has 1 fully saturated rings. The summed E-state index contributed by atoms with van der Waals surface area (Å²) in [7, 11) is -2.99. The summed E-state index contributed by atoms with van der Waals surface area (Å²) in [4.78, 5) is 12.8. The fraction of sp³-hybridized carbons (Fsp3) is 0.583. The molecule has 0 aromatic carbocycles. The van der Waals surface area contributed by atoms with Crippen molar-refractivity contribution in [1.82, 2.24) is 10.6 Å². The Labute approximate surface area is 127 Å². The van der Waals surface area contributed by atoms with Gasteiger partial charge < -0.3 is 10.6 Å². The molecule has 0 unspecified atom stereocenters. The Hall–Kier alpha value is -0.790. The Balaban J connectivity index is 1.70. The van der Waals surface area contributed by atoms with Gasteiger partial charge in [-0.1, -0.05) is 11.6 Å². The average molecular weight is 337 g/mol. The van der Waals surface area contributed by atoms with Crippen molar-refractivity contribution >= 4 is 38.8 Å². The molecule has 1 aromatic rings. The van der Waals surface area contributed by atoms with E-state index >= 15 is 0 Å². The molecule has 2 N–H and O–H groups in total. The van der Waals surface area contributed by atoms with E-state index in [1.165, 1.54) is 11.3 Å². The molecule has 2 amide bonds. The minimum Gasteiger partial charge on any atom is -0.338 e. The van der Waals surface area contributed by atoms with Crippen molar-refractivity contribution in [3.8, 4) is 0 Å². The number of urea groups is 1. The number of carbonyl (C=O) groups excluding carboxylic acids is 1. The number of thiophene rings is 1. The molecule has 0 radical (unpaired) electrons. The third-order valence-corrected chi connectivity index (χ3v) is 6.20. The predicted molar refractivity (Wildman–Crippen MR) is 81.2 cm³/mol. The summed E-state index contributed by atoms with van der Waals surface area (Å²) in [5.41, 5.74) is 0. The molecule has 2 rings (SSSR count). The lowest BCUT2D eigenvalue weighted by Gasteiger charge is -2.23. The van der Waals surface area contributed by atoms with Crippen molar-refractivity contribution < 1.29 is 13.2 Å². The van der Waals surface area contributed by atoms with E-state index in [1.807, 2.05) is 12.1 Å². The van der Waals surface area contributed by atoms with Crippen LogP contribution in [-0.2, 0) is 16.3 Å². The van der Waals surface area contributed by atoms with Crippen molar-refractivity contribution in [2.45, 2.75) is 25.3 Å². The molecule has 0 aliphatic carbocycles. The predicted octanol–water partition coefficient (Wildman–Crippen LogP) is 1.82. The molecule has 8 heteroatoms. The van der Waals surface area contributed by atoms with Gasteiger partial charge in [-0.3, -0.25) is 0 Å². The van der Waals surface area contributed by atoms with Gasteiger partial charge >= 0.3 is 6.03 Å². The highest BCUT2D eigenvalue weighted by Gasteiger charge is 2.25. The second-order valence-electron chi connectivity index (χ2n) is 4.81. The molecule has 1 atom stereocenters. The smallest absolute Gasteiger partial charge is 0.315 e. The number of nitrogens with one attached hydrogen (secondary N) is 2. The fourth-order valence-corrected chi connectivity index (χ4v) is 4.88. The van der Waals surface area contributed by atoms with Crippen LogP contribution in [0.5, 0.6) is 0 Å². The van der Waals surface area contributed by atoms with Crippen LogP contribution in [0.4, 0.5) is 4.79 Å². The van der Waals surface area contributed by atoms with Crippen molar-refractivity contribution in [2.24, 2.45) is 0 Å². The van der Waals surface area contributed by atoms with E-state index in [-0.39, 0.29) is 23.6 Å². The standard InChI is InChI=1S/C12H17ClN2O3S2/c13-11-4-3-10(19-11)5-6-14-12(16)15-9-2-1-7-20(17,18)8-9/h3-4,9H,1-2,5-8H2,(H2,14,15,16)/t9-/m1/s1. The second-order valence-corrected chi connectivity index (χ2v) is 8.84. The molecular formula is C12H17ClN2O3S2. The number of halogens is 1. The Kier molecular flexibility index (Phi) is 5.29. The largest absolute Gasteiger partial charge is 0.338 e. The second kappa shape index (κ2) is 6.78. The summed E-state index contributed by atoms with van der Waals surface area (Å²) in [6, 6.07) is 3.18. The molecule has 112 valence electrons. The monoisotopic (exact) mass is 336 g/mol. The van der Waals surface area contributed by atoms with Crippen molar-refractivity contribution in [3.63, 3.8) is 0 Å². The maximum Gasteiger partial charge on any atom is 0.315 e.